The van der Waals surface area contributed by atoms with Gasteiger partial charge >= 0.3 is 0 Å². The fourth-order valence-electron chi connectivity index (χ4n) is 3.14. The van der Waals surface area contributed by atoms with Gasteiger partial charge in [0.05, 0.1) is 30.1 Å². The van der Waals surface area contributed by atoms with Gasteiger partial charge in [-0.25, -0.2) is 9.67 Å². The standard InChI is InChI=1S/C21H21N5O2/c1-3-12-28-17-10-5-4-9-16(17)19-23-20-18(21(27)24-19)14(2)25-26(20)13-15-8-6-7-11-22-15/h4-11H,3,12-13H2,1-2H3,(H,23,24,27). The second kappa shape index (κ2) is 7.64. The largest absolute Gasteiger partial charge is 0.493 e. The van der Waals surface area contributed by atoms with Gasteiger partial charge in [0.2, 0.25) is 0 Å². The van der Waals surface area contributed by atoms with Crippen LogP contribution in [-0.2, 0) is 6.54 Å². The first-order valence-corrected chi connectivity index (χ1v) is 9.27. The van der Waals surface area contributed by atoms with Crippen molar-refractivity contribution in [3.05, 3.63) is 70.4 Å². The average molecular weight is 375 g/mol. The zero-order valence-corrected chi connectivity index (χ0v) is 15.8. The van der Waals surface area contributed by atoms with Crippen LogP contribution in [-0.4, -0.2) is 31.3 Å². The number of rotatable bonds is 6. The molecule has 0 unspecified atom stereocenters. The third-order valence-corrected chi connectivity index (χ3v) is 4.42. The number of fused-ring (bicyclic) bond motifs is 1. The molecule has 0 saturated carbocycles. The average Bonchev–Trinajstić information content (AvgIpc) is 3.03. The van der Waals surface area contributed by atoms with Crippen molar-refractivity contribution in [1.82, 2.24) is 24.7 Å². The van der Waals surface area contributed by atoms with Crippen LogP contribution in [0.3, 0.4) is 0 Å². The van der Waals surface area contributed by atoms with Crippen molar-refractivity contribution in [2.45, 2.75) is 26.8 Å². The van der Waals surface area contributed by atoms with Crippen LogP contribution in [0.2, 0.25) is 0 Å². The molecule has 4 rings (SSSR count). The van der Waals surface area contributed by atoms with Gasteiger partial charge in [-0.2, -0.15) is 5.10 Å². The molecular formula is C21H21N5O2. The van der Waals surface area contributed by atoms with Crippen LogP contribution in [0.1, 0.15) is 24.7 Å². The molecule has 0 aliphatic carbocycles. The smallest absolute Gasteiger partial charge is 0.262 e. The molecule has 0 saturated heterocycles. The maximum Gasteiger partial charge on any atom is 0.262 e. The number of aryl methyl sites for hydroxylation is 1. The lowest BCUT2D eigenvalue weighted by Crippen LogP contribution is -2.12. The van der Waals surface area contributed by atoms with E-state index >= 15 is 0 Å². The molecule has 0 bridgehead atoms. The summed E-state index contributed by atoms with van der Waals surface area (Å²) < 4.78 is 7.55. The molecule has 3 aromatic heterocycles. The number of hydrogen-bond donors (Lipinski definition) is 1. The molecule has 0 atom stereocenters. The van der Waals surface area contributed by atoms with Crippen LogP contribution < -0.4 is 10.3 Å². The molecule has 1 aromatic carbocycles. The Morgan fingerprint density at radius 2 is 1.96 bits per heavy atom. The topological polar surface area (TPSA) is 85.7 Å². The quantitative estimate of drug-likeness (QED) is 0.559. The number of pyridine rings is 1. The highest BCUT2D eigenvalue weighted by atomic mass is 16.5. The number of benzene rings is 1. The monoisotopic (exact) mass is 375 g/mol. The van der Waals surface area contributed by atoms with Crippen LogP contribution in [0, 0.1) is 6.92 Å². The van der Waals surface area contributed by atoms with Crippen molar-refractivity contribution in [2.75, 3.05) is 6.61 Å². The molecular weight excluding hydrogens is 354 g/mol. The third-order valence-electron chi connectivity index (χ3n) is 4.42. The van der Waals surface area contributed by atoms with Crippen LogP contribution in [0.5, 0.6) is 5.75 Å². The highest BCUT2D eigenvalue weighted by Gasteiger charge is 2.17. The number of aromatic nitrogens is 5. The highest BCUT2D eigenvalue weighted by Crippen LogP contribution is 2.28. The summed E-state index contributed by atoms with van der Waals surface area (Å²) in [7, 11) is 0. The second-order valence-electron chi connectivity index (χ2n) is 6.52. The van der Waals surface area contributed by atoms with Crippen LogP contribution in [0.4, 0.5) is 0 Å². The second-order valence-corrected chi connectivity index (χ2v) is 6.52. The summed E-state index contributed by atoms with van der Waals surface area (Å²) in [6.45, 7) is 4.90. The molecule has 0 radical (unpaired) electrons. The number of H-pyrrole nitrogens is 1. The van der Waals surface area contributed by atoms with Crippen molar-refractivity contribution in [3.63, 3.8) is 0 Å². The maximum atomic E-state index is 12.8. The minimum atomic E-state index is -0.213. The summed E-state index contributed by atoms with van der Waals surface area (Å²) in [6, 6.07) is 13.3. The molecule has 28 heavy (non-hydrogen) atoms. The Hall–Kier alpha value is -3.48. The van der Waals surface area contributed by atoms with E-state index in [2.05, 4.69) is 15.1 Å². The fraction of sp³-hybridized carbons (Fsp3) is 0.238. The zero-order valence-electron chi connectivity index (χ0n) is 15.8. The van der Waals surface area contributed by atoms with Crippen LogP contribution in [0.15, 0.2) is 53.5 Å². The van der Waals surface area contributed by atoms with Gasteiger partial charge < -0.3 is 9.72 Å². The molecule has 1 N–H and O–H groups in total. The lowest BCUT2D eigenvalue weighted by molar-refractivity contribution is 0.318. The summed E-state index contributed by atoms with van der Waals surface area (Å²) in [6.07, 6.45) is 2.63. The van der Waals surface area contributed by atoms with E-state index in [1.165, 1.54) is 0 Å². The van der Waals surface area contributed by atoms with Gasteiger partial charge in [0.1, 0.15) is 17.0 Å². The Kier molecular flexibility index (Phi) is 4.89. The summed E-state index contributed by atoms with van der Waals surface area (Å²) >= 11 is 0. The molecule has 0 aliphatic heterocycles. The van der Waals surface area contributed by atoms with Crippen molar-refractivity contribution in [3.8, 4) is 17.1 Å². The predicted octanol–water partition coefficient (Wildman–Crippen LogP) is 3.33. The Bertz CT molecular complexity index is 1160. The van der Waals surface area contributed by atoms with Crippen LogP contribution >= 0.6 is 0 Å². The number of ether oxygens (including phenoxy) is 1. The first kappa shape index (κ1) is 17.9. The van der Waals surface area contributed by atoms with Crippen molar-refractivity contribution < 1.29 is 4.74 Å². The SMILES string of the molecule is CCCOc1ccccc1-c1nc2c(c(C)nn2Cc2ccccn2)c(=O)[nH]1. The van der Waals surface area contributed by atoms with E-state index < -0.39 is 0 Å². The summed E-state index contributed by atoms with van der Waals surface area (Å²) in [5.74, 6) is 1.16. The van der Waals surface area contributed by atoms with E-state index in [9.17, 15) is 4.79 Å². The normalized spacial score (nSPS) is 11.1. The first-order chi connectivity index (χ1) is 13.7. The third kappa shape index (κ3) is 3.38. The van der Waals surface area contributed by atoms with Gasteiger partial charge in [-0.15, -0.1) is 0 Å². The van der Waals surface area contributed by atoms with Crippen LogP contribution in [0.25, 0.3) is 22.4 Å². The Morgan fingerprint density at radius 3 is 2.75 bits per heavy atom. The van der Waals surface area contributed by atoms with Gasteiger partial charge in [-0.1, -0.05) is 25.1 Å². The number of nitrogens with zero attached hydrogens (tertiary/aromatic N) is 4. The maximum absolute atomic E-state index is 12.8. The first-order valence-electron chi connectivity index (χ1n) is 9.27. The summed E-state index contributed by atoms with van der Waals surface area (Å²) in [4.78, 5) is 24.7. The molecule has 0 amide bonds. The lowest BCUT2D eigenvalue weighted by atomic mass is 10.2. The van der Waals surface area contributed by atoms with E-state index in [-0.39, 0.29) is 5.56 Å². The Morgan fingerprint density at radius 1 is 1.14 bits per heavy atom. The number of aromatic amines is 1. The summed E-state index contributed by atoms with van der Waals surface area (Å²) in [5.41, 5.74) is 2.56. The summed E-state index contributed by atoms with van der Waals surface area (Å²) in [5, 5.41) is 5.01. The molecule has 142 valence electrons. The number of para-hydroxylation sites is 1. The van der Waals surface area contributed by atoms with Gasteiger partial charge in [0.15, 0.2) is 5.65 Å². The number of hydrogen-bond acceptors (Lipinski definition) is 5. The molecule has 0 spiro atoms. The van der Waals surface area contributed by atoms with Gasteiger partial charge in [-0.05, 0) is 37.6 Å². The zero-order chi connectivity index (χ0) is 19.5. The fourth-order valence-corrected chi connectivity index (χ4v) is 3.14. The molecule has 4 aromatic rings. The number of nitrogens with one attached hydrogen (secondary N) is 1. The predicted molar refractivity (Wildman–Crippen MR) is 107 cm³/mol. The van der Waals surface area contributed by atoms with E-state index in [0.29, 0.717) is 41.5 Å². The minimum Gasteiger partial charge on any atom is -0.493 e. The van der Waals surface area contributed by atoms with Gasteiger partial charge in [0, 0.05) is 6.20 Å². The Labute approximate surface area is 162 Å². The highest BCUT2D eigenvalue weighted by molar-refractivity contribution is 5.79. The molecule has 3 heterocycles. The molecule has 0 aliphatic rings. The van der Waals surface area contributed by atoms with E-state index in [1.54, 1.807) is 10.9 Å². The van der Waals surface area contributed by atoms with E-state index in [0.717, 1.165) is 17.7 Å². The molecule has 7 nitrogen and oxygen atoms in total. The molecule has 0 fully saturated rings. The van der Waals surface area contributed by atoms with E-state index in [1.807, 2.05) is 56.3 Å². The van der Waals surface area contributed by atoms with Crippen molar-refractivity contribution >= 4 is 11.0 Å². The van der Waals surface area contributed by atoms with E-state index in [4.69, 9.17) is 9.72 Å². The van der Waals surface area contributed by atoms with Gasteiger partial charge in [-0.3, -0.25) is 9.78 Å². The minimum absolute atomic E-state index is 0.213. The lowest BCUT2D eigenvalue weighted by Gasteiger charge is -2.10. The van der Waals surface area contributed by atoms with Crippen molar-refractivity contribution in [2.24, 2.45) is 0 Å². The molecule has 7 heteroatoms. The van der Waals surface area contributed by atoms with Crippen molar-refractivity contribution in [1.29, 1.82) is 0 Å². The Balaban J connectivity index is 1.84. The van der Waals surface area contributed by atoms with Gasteiger partial charge in [0.25, 0.3) is 5.56 Å².